The number of benzene rings is 5. The van der Waals surface area contributed by atoms with Crippen LogP contribution in [0, 0.1) is 25.5 Å². The van der Waals surface area contributed by atoms with E-state index in [1.165, 1.54) is 67.6 Å². The summed E-state index contributed by atoms with van der Waals surface area (Å²) < 4.78 is 196. The van der Waals surface area contributed by atoms with Crippen molar-refractivity contribution in [1.82, 2.24) is 20.3 Å². The summed E-state index contributed by atoms with van der Waals surface area (Å²) in [5, 5.41) is 32.2. The number of nitrogens with zero attached hydrogens (tertiary/aromatic N) is 5. The maximum absolute atomic E-state index is 14.8. The summed E-state index contributed by atoms with van der Waals surface area (Å²) in [4.78, 5) is 49.8. The zero-order valence-corrected chi connectivity index (χ0v) is 55.0. The molecule has 10 rings (SSSR count). The SMILES string of the molecule is CC(=O)c1ccc2nc(C(F)(F)F)cc(Cl)c2c1.Cc1cc([C@@H](C)N)c(F)cc1NS(C)(=O)=O.Cc1cc([C@@H](C)NC(=O)c2ccc3nc(C(F)(F)F)cc(N4CCC(O)CC4)c3c2)c(F)cc1NS(C)(=O)=O.O=C(O)c1ccc2nc(C(F)(F)F)cc(N3CCC(O)CC3)c2c1. The summed E-state index contributed by atoms with van der Waals surface area (Å²) in [7, 11) is -7.02. The summed E-state index contributed by atoms with van der Waals surface area (Å²) in [6, 6.07) is 18.8. The summed E-state index contributed by atoms with van der Waals surface area (Å²) in [6.45, 7) is 9.36. The van der Waals surface area contributed by atoms with E-state index in [1.54, 1.807) is 43.6 Å². The predicted octanol–water partition coefficient (Wildman–Crippen LogP) is 13.1. The molecule has 2 atom stereocenters. The maximum atomic E-state index is 14.8. The van der Waals surface area contributed by atoms with Crippen molar-refractivity contribution < 1.29 is 94.8 Å². The molecule has 33 heteroatoms. The number of pyridine rings is 3. The van der Waals surface area contributed by atoms with Gasteiger partial charge in [-0.25, -0.2) is 45.4 Å². The van der Waals surface area contributed by atoms with Gasteiger partial charge in [0.1, 0.15) is 28.7 Å². The van der Waals surface area contributed by atoms with Gasteiger partial charge in [-0.1, -0.05) is 11.6 Å². The number of piperidine rings is 2. The van der Waals surface area contributed by atoms with Crippen molar-refractivity contribution in [2.24, 2.45) is 5.73 Å². The molecular weight excluding hydrogens is 1360 g/mol. The van der Waals surface area contributed by atoms with E-state index in [1.807, 2.05) is 0 Å². The first-order chi connectivity index (χ1) is 44.9. The number of nitrogens with two attached hydrogens (primary N) is 1. The number of carbonyl (C=O) groups is 3. The Kier molecular flexibility index (Phi) is 23.5. The van der Waals surface area contributed by atoms with Gasteiger partial charge in [-0.15, -0.1) is 0 Å². The topological polar surface area (TPSA) is 287 Å². The number of anilines is 4. The number of Topliss-reactive ketones (excluding diaryl/α,β-unsaturated/α-hetero) is 1. The number of aromatic carboxylic acids is 1. The van der Waals surface area contributed by atoms with Crippen molar-refractivity contribution in [2.45, 2.75) is 103 Å². The summed E-state index contributed by atoms with van der Waals surface area (Å²) in [5.41, 5.74) is 5.71. The number of aryl methyl sites for hydroxylation is 2. The number of alkyl halides is 9. The minimum atomic E-state index is -4.67. The van der Waals surface area contributed by atoms with Gasteiger partial charge in [0.2, 0.25) is 20.0 Å². The molecule has 0 unspecified atom stereocenters. The number of carboxylic acids is 1. The van der Waals surface area contributed by atoms with Crippen LogP contribution in [0.5, 0.6) is 0 Å². The Hall–Kier alpha value is -8.56. The van der Waals surface area contributed by atoms with E-state index in [0.717, 1.165) is 42.8 Å². The first-order valence-corrected chi connectivity index (χ1v) is 33.5. The lowest BCUT2D eigenvalue weighted by molar-refractivity contribution is -0.141. The molecule has 0 saturated carbocycles. The largest absolute Gasteiger partial charge is 0.478 e. The molecule has 522 valence electrons. The number of hydrogen-bond donors (Lipinski definition) is 7. The summed E-state index contributed by atoms with van der Waals surface area (Å²) in [6.07, 6.45) is -11.1. The number of amides is 1. The molecular formula is C64H65ClF11N9O10S2. The number of carboxylic acid groups (broad SMARTS) is 1. The monoisotopic (exact) mass is 1430 g/mol. The van der Waals surface area contributed by atoms with Crippen LogP contribution in [0.1, 0.15) is 129 Å². The van der Waals surface area contributed by atoms with Crippen LogP contribution in [0.3, 0.4) is 0 Å². The average Bonchev–Trinajstić information content (AvgIpc) is 0.785. The Bertz CT molecular complexity index is 4530. The summed E-state index contributed by atoms with van der Waals surface area (Å²) in [5.74, 6) is -3.16. The van der Waals surface area contributed by atoms with Gasteiger partial charge in [-0.05, 0) is 168 Å². The molecule has 0 bridgehead atoms. The maximum Gasteiger partial charge on any atom is 0.433 e. The van der Waals surface area contributed by atoms with Crippen LogP contribution in [-0.4, -0.2) is 116 Å². The van der Waals surface area contributed by atoms with Crippen LogP contribution in [-0.2, 0) is 38.6 Å². The third-order valence-corrected chi connectivity index (χ3v) is 16.8. The number of fused-ring (bicyclic) bond motifs is 3. The quantitative estimate of drug-likeness (QED) is 0.0442. The normalized spacial score (nSPS) is 14.9. The number of ketones is 1. The average molecular weight is 1430 g/mol. The number of rotatable bonds is 12. The van der Waals surface area contributed by atoms with Crippen LogP contribution in [0.4, 0.5) is 71.0 Å². The summed E-state index contributed by atoms with van der Waals surface area (Å²) >= 11 is 5.79. The molecule has 3 aromatic heterocycles. The van der Waals surface area contributed by atoms with Gasteiger partial charge in [-0.3, -0.25) is 19.0 Å². The molecule has 19 nitrogen and oxygen atoms in total. The lowest BCUT2D eigenvalue weighted by atomic mass is 10.0. The van der Waals surface area contributed by atoms with Gasteiger partial charge < -0.3 is 36.2 Å². The van der Waals surface area contributed by atoms with Gasteiger partial charge in [0.25, 0.3) is 5.91 Å². The number of nitrogens with one attached hydrogen (secondary N) is 3. The van der Waals surface area contributed by atoms with Crippen LogP contribution >= 0.6 is 11.6 Å². The number of carbonyl (C=O) groups excluding carboxylic acids is 2. The fourth-order valence-corrected chi connectivity index (χ4v) is 11.8. The van der Waals surface area contributed by atoms with E-state index in [0.29, 0.717) is 96.0 Å². The zero-order chi connectivity index (χ0) is 72.2. The number of sulfonamides is 2. The van der Waals surface area contributed by atoms with Crippen molar-refractivity contribution in [3.8, 4) is 0 Å². The Morgan fingerprint density at radius 1 is 0.567 bits per heavy atom. The van der Waals surface area contributed by atoms with E-state index < -0.39 is 103 Å². The second-order valence-electron chi connectivity index (χ2n) is 23.1. The molecule has 0 aliphatic carbocycles. The molecule has 2 aliphatic rings. The molecule has 0 radical (unpaired) electrons. The first kappa shape index (κ1) is 75.8. The van der Waals surface area contributed by atoms with Crippen LogP contribution in [0.25, 0.3) is 32.7 Å². The molecule has 2 saturated heterocycles. The highest BCUT2D eigenvalue weighted by molar-refractivity contribution is 7.92. The molecule has 97 heavy (non-hydrogen) atoms. The number of hydrogen-bond acceptors (Lipinski definition) is 15. The van der Waals surface area contributed by atoms with Gasteiger partial charge in [-0.2, -0.15) is 39.5 Å². The Morgan fingerprint density at radius 3 is 1.32 bits per heavy atom. The van der Waals surface area contributed by atoms with Gasteiger partial charge >= 0.3 is 24.5 Å². The number of aliphatic hydroxyl groups excluding tert-OH is 2. The minimum absolute atomic E-state index is 0.0117. The minimum Gasteiger partial charge on any atom is -0.478 e. The second-order valence-corrected chi connectivity index (χ2v) is 27.0. The fourth-order valence-electron chi connectivity index (χ4n) is 10.3. The van der Waals surface area contributed by atoms with Gasteiger partial charge in [0.05, 0.1) is 69.3 Å². The van der Waals surface area contributed by atoms with E-state index >= 15 is 0 Å². The van der Waals surface area contributed by atoms with E-state index in [-0.39, 0.29) is 61.1 Å². The van der Waals surface area contributed by atoms with Crippen molar-refractivity contribution >= 4 is 105 Å². The third-order valence-electron chi connectivity index (χ3n) is 15.3. The molecule has 2 aliphatic heterocycles. The Balaban J connectivity index is 0.000000195. The number of aliphatic hydroxyl groups is 2. The number of aromatic nitrogens is 3. The lowest BCUT2D eigenvalue weighted by Crippen LogP contribution is -2.36. The van der Waals surface area contributed by atoms with Gasteiger partial charge in [0.15, 0.2) is 5.78 Å². The lowest BCUT2D eigenvalue weighted by Gasteiger charge is -2.32. The highest BCUT2D eigenvalue weighted by Crippen LogP contribution is 2.39. The van der Waals surface area contributed by atoms with Crippen molar-refractivity contribution in [3.63, 3.8) is 0 Å². The van der Waals surface area contributed by atoms with E-state index in [2.05, 4.69) is 29.7 Å². The van der Waals surface area contributed by atoms with Crippen molar-refractivity contribution in [2.75, 3.05) is 57.9 Å². The molecule has 5 heterocycles. The first-order valence-electron chi connectivity index (χ1n) is 29.3. The molecule has 2 fully saturated rings. The Morgan fingerprint density at radius 2 is 0.928 bits per heavy atom. The van der Waals surface area contributed by atoms with Crippen LogP contribution in [0.15, 0.2) is 97.1 Å². The predicted molar refractivity (Wildman–Crippen MR) is 345 cm³/mol. The zero-order valence-electron chi connectivity index (χ0n) is 52.6. The second kappa shape index (κ2) is 30.1. The van der Waals surface area contributed by atoms with Crippen LogP contribution in [0.2, 0.25) is 5.02 Å². The standard InChI is InChI=1S/C26H28F4N4O4S.C16H15F3N2O3.C12H7ClF3NO.C10H15FN2O2S/c1-14-10-18(20(27)12-22(14)33-39(3,37)38)15(2)31-25(36)16-4-5-21-19(11-16)23(13-24(32-21)26(28,29)30)34-8-6-17(35)7-9-34;17-16(18,19)14-8-13(21-5-3-10(22)4-6-21)11-7-9(15(23)24)1-2-12(11)20-14;1-6(18)7-2-3-10-8(4-7)9(13)5-11(17-10)12(14,15)16;1-6-4-8(7(2)12)9(11)5-10(6)13-16(3,14)15/h4-5,10-13,15,17,33,35H,6-9H2,1-3H3,(H,31,36);1-2,7-8,10,22H,3-6H2,(H,23,24);2-5H,1H3;4-5,7,13H,12H2,1-3H3/t15-;;;7-/m1..1/s1. The molecule has 1 amide bonds. The van der Waals surface area contributed by atoms with E-state index in [9.17, 15) is 89.7 Å². The van der Waals surface area contributed by atoms with Crippen LogP contribution < -0.4 is 30.3 Å². The highest BCUT2D eigenvalue weighted by atomic mass is 35.5. The molecule has 8 N–H and O–H groups in total. The van der Waals surface area contributed by atoms with Gasteiger partial charge in [0, 0.05) is 82.0 Å². The smallest absolute Gasteiger partial charge is 0.433 e. The fraction of sp³-hybridized carbons (Fsp3) is 0.344. The van der Waals surface area contributed by atoms with Crippen molar-refractivity contribution in [3.05, 3.63) is 170 Å². The molecule has 0 spiro atoms. The van der Waals surface area contributed by atoms with E-state index in [4.69, 9.17) is 22.4 Å². The highest BCUT2D eigenvalue weighted by Gasteiger charge is 2.37. The Labute approximate surface area is 554 Å². The molecule has 5 aromatic carbocycles. The van der Waals surface area contributed by atoms with Crippen molar-refractivity contribution in [1.29, 1.82) is 0 Å². The third kappa shape index (κ3) is 20.0. The molecule has 8 aromatic rings. The number of halogens is 12.